The molecule has 0 aliphatic carbocycles. The van der Waals surface area contributed by atoms with Gasteiger partial charge in [0.15, 0.2) is 0 Å². The number of amides is 2. The Balaban J connectivity index is 1.98. The zero-order valence-corrected chi connectivity index (χ0v) is 12.3. The smallest absolute Gasteiger partial charge is 0.320 e. The lowest BCUT2D eigenvalue weighted by molar-refractivity contribution is 0.0448. The fourth-order valence-electron chi connectivity index (χ4n) is 2.24. The molecule has 0 saturated carbocycles. The van der Waals surface area contributed by atoms with E-state index < -0.39 is 0 Å². The van der Waals surface area contributed by atoms with E-state index in [-0.39, 0.29) is 6.03 Å². The van der Waals surface area contributed by atoms with E-state index in [0.717, 1.165) is 11.1 Å². The van der Waals surface area contributed by atoms with Gasteiger partial charge in [0, 0.05) is 32.2 Å². The molecule has 0 radical (unpaired) electrons. The number of hydrogen-bond acceptors (Lipinski definition) is 3. The van der Waals surface area contributed by atoms with E-state index in [1.54, 1.807) is 4.90 Å². The second kappa shape index (κ2) is 7.67. The molecular formula is C16H21N3O2. The van der Waals surface area contributed by atoms with Gasteiger partial charge in [0.05, 0.1) is 19.8 Å². The van der Waals surface area contributed by atoms with Crippen LogP contribution in [0.3, 0.4) is 0 Å². The lowest BCUT2D eigenvalue weighted by atomic mass is 10.1. The van der Waals surface area contributed by atoms with Crippen LogP contribution in [0.25, 0.3) is 0 Å². The van der Waals surface area contributed by atoms with Gasteiger partial charge in [-0.3, -0.25) is 0 Å². The molecule has 1 fully saturated rings. The monoisotopic (exact) mass is 287 g/mol. The molecule has 2 amide bonds. The Bertz CT molecular complexity index is 542. The van der Waals surface area contributed by atoms with Gasteiger partial charge in [-0.2, -0.15) is 0 Å². The van der Waals surface area contributed by atoms with Crippen LogP contribution in [0.2, 0.25) is 0 Å². The topological polar surface area (TPSA) is 58.8 Å². The van der Waals surface area contributed by atoms with Gasteiger partial charge in [0.1, 0.15) is 0 Å². The predicted molar refractivity (Wildman–Crippen MR) is 81.6 cm³/mol. The van der Waals surface area contributed by atoms with Crippen molar-refractivity contribution in [2.75, 3.05) is 39.9 Å². The maximum absolute atomic E-state index is 12.3. The summed E-state index contributed by atoms with van der Waals surface area (Å²) < 4.78 is 5.26. The Labute approximate surface area is 125 Å². The summed E-state index contributed by atoms with van der Waals surface area (Å²) in [6, 6.07) is 7.91. The molecule has 1 aromatic carbocycles. The standard InChI is InChI=1S/C16H21N3O2/c1-18(16(20)19-8-10-21-11-9-19)13-15-5-2-4-14(12-15)6-3-7-17/h2,4-5,12H,7-11,13,17H2,1H3. The normalized spacial score (nSPS) is 14.3. The van der Waals surface area contributed by atoms with E-state index >= 15 is 0 Å². The van der Waals surface area contributed by atoms with Gasteiger partial charge in [0.2, 0.25) is 0 Å². The summed E-state index contributed by atoms with van der Waals surface area (Å²) in [6.45, 7) is 3.46. The Hall–Kier alpha value is -2.03. The minimum absolute atomic E-state index is 0.0387. The number of benzene rings is 1. The number of nitrogens with zero attached hydrogens (tertiary/aromatic N) is 2. The van der Waals surface area contributed by atoms with Crippen molar-refractivity contribution in [2.45, 2.75) is 6.54 Å². The first-order valence-electron chi connectivity index (χ1n) is 7.06. The Morgan fingerprint density at radius 3 is 2.90 bits per heavy atom. The number of ether oxygens (including phenoxy) is 1. The van der Waals surface area contributed by atoms with Gasteiger partial charge in [-0.25, -0.2) is 4.79 Å². The Morgan fingerprint density at radius 2 is 2.19 bits per heavy atom. The maximum Gasteiger partial charge on any atom is 0.320 e. The number of urea groups is 1. The highest BCUT2D eigenvalue weighted by Crippen LogP contribution is 2.09. The zero-order chi connectivity index (χ0) is 15.1. The highest BCUT2D eigenvalue weighted by molar-refractivity contribution is 5.74. The first-order valence-corrected chi connectivity index (χ1v) is 7.06. The van der Waals surface area contributed by atoms with Gasteiger partial charge in [0.25, 0.3) is 0 Å². The van der Waals surface area contributed by atoms with Crippen LogP contribution in [0.4, 0.5) is 4.79 Å². The molecule has 1 aliphatic heterocycles. The van der Waals surface area contributed by atoms with E-state index in [2.05, 4.69) is 11.8 Å². The number of carbonyl (C=O) groups is 1. The molecule has 2 N–H and O–H groups in total. The second-order valence-electron chi connectivity index (χ2n) is 4.94. The lowest BCUT2D eigenvalue weighted by Crippen LogP contribution is -2.46. The molecular weight excluding hydrogens is 266 g/mol. The van der Waals surface area contributed by atoms with Crippen molar-refractivity contribution in [2.24, 2.45) is 5.73 Å². The van der Waals surface area contributed by atoms with Gasteiger partial charge < -0.3 is 20.3 Å². The molecule has 5 heteroatoms. The largest absolute Gasteiger partial charge is 0.378 e. The van der Waals surface area contributed by atoms with Crippen molar-refractivity contribution >= 4 is 6.03 Å². The average molecular weight is 287 g/mol. The van der Waals surface area contributed by atoms with E-state index in [1.165, 1.54) is 0 Å². The molecule has 1 aliphatic rings. The van der Waals surface area contributed by atoms with Crippen LogP contribution in [0.5, 0.6) is 0 Å². The molecule has 21 heavy (non-hydrogen) atoms. The SMILES string of the molecule is CN(Cc1cccc(C#CCN)c1)C(=O)N1CCOCC1. The maximum atomic E-state index is 12.3. The van der Waals surface area contributed by atoms with Crippen molar-refractivity contribution < 1.29 is 9.53 Å². The van der Waals surface area contributed by atoms with Crippen molar-refractivity contribution in [3.8, 4) is 11.8 Å². The highest BCUT2D eigenvalue weighted by atomic mass is 16.5. The first-order chi connectivity index (χ1) is 10.2. The predicted octanol–water partition coefficient (Wildman–Crippen LogP) is 0.881. The fourth-order valence-corrected chi connectivity index (χ4v) is 2.24. The number of morpholine rings is 1. The molecule has 1 saturated heterocycles. The summed E-state index contributed by atoms with van der Waals surface area (Å²) in [4.78, 5) is 15.9. The Kier molecular flexibility index (Phi) is 5.61. The molecule has 5 nitrogen and oxygen atoms in total. The molecule has 0 bridgehead atoms. The highest BCUT2D eigenvalue weighted by Gasteiger charge is 2.20. The average Bonchev–Trinajstić information content (AvgIpc) is 2.53. The summed E-state index contributed by atoms with van der Waals surface area (Å²) in [7, 11) is 1.82. The minimum atomic E-state index is 0.0387. The molecule has 2 rings (SSSR count). The summed E-state index contributed by atoms with van der Waals surface area (Å²) in [6.07, 6.45) is 0. The first kappa shape index (κ1) is 15.4. The van der Waals surface area contributed by atoms with Crippen LogP contribution in [0, 0.1) is 11.8 Å². The van der Waals surface area contributed by atoms with Crippen LogP contribution in [-0.2, 0) is 11.3 Å². The lowest BCUT2D eigenvalue weighted by Gasteiger charge is -2.31. The van der Waals surface area contributed by atoms with Crippen LogP contribution in [0.1, 0.15) is 11.1 Å². The molecule has 1 heterocycles. The van der Waals surface area contributed by atoms with E-state index in [1.807, 2.05) is 36.2 Å². The third kappa shape index (κ3) is 4.48. The van der Waals surface area contributed by atoms with Crippen LogP contribution >= 0.6 is 0 Å². The van der Waals surface area contributed by atoms with Crippen molar-refractivity contribution in [3.63, 3.8) is 0 Å². The number of hydrogen-bond donors (Lipinski definition) is 1. The van der Waals surface area contributed by atoms with Crippen LogP contribution < -0.4 is 5.73 Å². The molecule has 0 aromatic heterocycles. The van der Waals surface area contributed by atoms with Gasteiger partial charge in [-0.05, 0) is 17.7 Å². The Morgan fingerprint density at radius 1 is 1.43 bits per heavy atom. The molecule has 112 valence electrons. The third-order valence-corrected chi connectivity index (χ3v) is 3.29. The minimum Gasteiger partial charge on any atom is -0.378 e. The summed E-state index contributed by atoms with van der Waals surface area (Å²) >= 11 is 0. The van der Waals surface area contributed by atoms with E-state index in [4.69, 9.17) is 10.5 Å². The number of nitrogens with two attached hydrogens (primary N) is 1. The summed E-state index contributed by atoms with van der Waals surface area (Å²) in [5.74, 6) is 5.84. The summed E-state index contributed by atoms with van der Waals surface area (Å²) in [5.41, 5.74) is 7.35. The van der Waals surface area contributed by atoms with Gasteiger partial charge >= 0.3 is 6.03 Å². The molecule has 0 spiro atoms. The third-order valence-electron chi connectivity index (χ3n) is 3.29. The molecule has 1 aromatic rings. The molecule has 0 unspecified atom stereocenters. The fraction of sp³-hybridized carbons (Fsp3) is 0.438. The van der Waals surface area contributed by atoms with E-state index in [9.17, 15) is 4.79 Å². The second-order valence-corrected chi connectivity index (χ2v) is 4.94. The van der Waals surface area contributed by atoms with E-state index in [0.29, 0.717) is 39.4 Å². The van der Waals surface area contributed by atoms with Crippen molar-refractivity contribution in [1.29, 1.82) is 0 Å². The van der Waals surface area contributed by atoms with Gasteiger partial charge in [-0.1, -0.05) is 24.0 Å². The van der Waals surface area contributed by atoms with Crippen molar-refractivity contribution in [3.05, 3.63) is 35.4 Å². The molecule has 0 atom stereocenters. The quantitative estimate of drug-likeness (QED) is 0.822. The number of rotatable bonds is 2. The van der Waals surface area contributed by atoms with Gasteiger partial charge in [-0.15, -0.1) is 0 Å². The van der Waals surface area contributed by atoms with Crippen LogP contribution in [-0.4, -0.2) is 55.7 Å². The number of carbonyl (C=O) groups excluding carboxylic acids is 1. The van der Waals surface area contributed by atoms with Crippen molar-refractivity contribution in [1.82, 2.24) is 9.80 Å². The summed E-state index contributed by atoms with van der Waals surface area (Å²) in [5, 5.41) is 0. The zero-order valence-electron chi connectivity index (χ0n) is 12.3. The van der Waals surface area contributed by atoms with Crippen LogP contribution in [0.15, 0.2) is 24.3 Å².